The summed E-state index contributed by atoms with van der Waals surface area (Å²) >= 11 is 5.12. The highest BCUT2D eigenvalue weighted by Crippen LogP contribution is 2.29. The summed E-state index contributed by atoms with van der Waals surface area (Å²) in [4.78, 5) is 26.4. The summed E-state index contributed by atoms with van der Waals surface area (Å²) in [5.41, 5.74) is 0.821. The minimum absolute atomic E-state index is 0.0666. The van der Waals surface area contributed by atoms with Crippen molar-refractivity contribution in [1.29, 1.82) is 0 Å². The lowest BCUT2D eigenvalue weighted by Gasteiger charge is -2.28. The number of rotatable bonds is 5. The van der Waals surface area contributed by atoms with E-state index in [-0.39, 0.29) is 10.7 Å². The van der Waals surface area contributed by atoms with E-state index in [1.165, 1.54) is 37.5 Å². The molecule has 8 heteroatoms. The highest BCUT2D eigenvalue weighted by Gasteiger charge is 2.34. The summed E-state index contributed by atoms with van der Waals surface area (Å²) in [6, 6.07) is 10.3. The van der Waals surface area contributed by atoms with Gasteiger partial charge in [0.25, 0.3) is 11.8 Å². The Bertz CT molecular complexity index is 973. The first-order valence-corrected chi connectivity index (χ1v) is 8.83. The second-order valence-electron chi connectivity index (χ2n) is 5.78. The van der Waals surface area contributed by atoms with Crippen LogP contribution < -0.4 is 19.7 Å². The van der Waals surface area contributed by atoms with Crippen LogP contribution >= 0.6 is 12.2 Å². The number of benzene rings is 2. The maximum Gasteiger partial charge on any atom is 0.270 e. The Morgan fingerprint density at radius 3 is 2.50 bits per heavy atom. The average molecular weight is 400 g/mol. The lowest BCUT2D eigenvalue weighted by atomic mass is 10.1. The van der Waals surface area contributed by atoms with Gasteiger partial charge in [0.2, 0.25) is 0 Å². The fourth-order valence-corrected chi connectivity index (χ4v) is 2.98. The number of amides is 2. The van der Waals surface area contributed by atoms with Crippen LogP contribution in [0, 0.1) is 5.82 Å². The molecule has 1 heterocycles. The molecule has 1 N–H and O–H groups in total. The zero-order valence-electron chi connectivity index (χ0n) is 15.2. The molecule has 1 aliphatic rings. The molecule has 0 spiro atoms. The van der Waals surface area contributed by atoms with Gasteiger partial charge in [-0.2, -0.15) is 0 Å². The van der Waals surface area contributed by atoms with E-state index < -0.39 is 17.6 Å². The molecule has 0 saturated carbocycles. The number of halogens is 1. The van der Waals surface area contributed by atoms with Gasteiger partial charge in [0, 0.05) is 0 Å². The van der Waals surface area contributed by atoms with E-state index in [4.69, 9.17) is 21.7 Å². The molecule has 2 aromatic carbocycles. The molecule has 1 aliphatic heterocycles. The van der Waals surface area contributed by atoms with Crippen molar-refractivity contribution in [3.63, 3.8) is 0 Å². The van der Waals surface area contributed by atoms with E-state index in [0.717, 1.165) is 4.90 Å². The van der Waals surface area contributed by atoms with Crippen molar-refractivity contribution in [3.8, 4) is 11.5 Å². The van der Waals surface area contributed by atoms with Crippen LogP contribution in [0.15, 0.2) is 48.0 Å². The highest BCUT2D eigenvalue weighted by atomic mass is 32.1. The summed E-state index contributed by atoms with van der Waals surface area (Å²) in [5.74, 6) is -0.624. The fraction of sp³-hybridized carbons (Fsp3) is 0.150. The van der Waals surface area contributed by atoms with Gasteiger partial charge in [-0.25, -0.2) is 4.39 Å². The Labute approximate surface area is 166 Å². The van der Waals surface area contributed by atoms with Gasteiger partial charge in [-0.3, -0.25) is 19.8 Å². The van der Waals surface area contributed by atoms with Crippen LogP contribution in [0.4, 0.5) is 10.1 Å². The summed E-state index contributed by atoms with van der Waals surface area (Å²) in [5, 5.41) is 2.42. The van der Waals surface area contributed by atoms with Gasteiger partial charge in [0.1, 0.15) is 11.4 Å². The van der Waals surface area contributed by atoms with Gasteiger partial charge in [-0.15, -0.1) is 0 Å². The topological polar surface area (TPSA) is 67.9 Å². The Morgan fingerprint density at radius 2 is 1.86 bits per heavy atom. The molecule has 3 rings (SSSR count). The number of ether oxygens (including phenoxy) is 2. The minimum Gasteiger partial charge on any atom is -0.493 e. The van der Waals surface area contributed by atoms with E-state index >= 15 is 0 Å². The first-order valence-electron chi connectivity index (χ1n) is 8.42. The summed E-state index contributed by atoms with van der Waals surface area (Å²) in [7, 11) is 1.50. The lowest BCUT2D eigenvalue weighted by Crippen LogP contribution is -2.54. The largest absolute Gasteiger partial charge is 0.493 e. The predicted molar refractivity (Wildman–Crippen MR) is 107 cm³/mol. The molecule has 0 bridgehead atoms. The number of hydrogen-bond acceptors (Lipinski definition) is 5. The SMILES string of the molecule is CCOc1ccc(C=C2C(=O)NC(=S)N(c3ccc(F)cc3)C2=O)cc1OC. The number of hydrogen-bond donors (Lipinski definition) is 1. The number of methoxy groups -OCH3 is 1. The summed E-state index contributed by atoms with van der Waals surface area (Å²) in [6.45, 7) is 2.33. The first kappa shape index (κ1) is 19.5. The van der Waals surface area contributed by atoms with Crippen LogP contribution in [0.25, 0.3) is 6.08 Å². The standard InChI is InChI=1S/C20H17FN2O4S/c1-3-27-16-9-4-12(11-17(16)26-2)10-15-18(24)22-20(28)23(19(15)25)14-7-5-13(21)6-8-14/h4-11H,3H2,1-2H3,(H,22,24,28). The van der Waals surface area contributed by atoms with Crippen LogP contribution in [-0.4, -0.2) is 30.6 Å². The molecule has 0 aliphatic carbocycles. The van der Waals surface area contributed by atoms with Gasteiger partial charge in [0.15, 0.2) is 16.6 Å². The van der Waals surface area contributed by atoms with E-state index in [0.29, 0.717) is 29.4 Å². The molecular formula is C20H17FN2O4S. The zero-order chi connectivity index (χ0) is 20.3. The Morgan fingerprint density at radius 1 is 1.14 bits per heavy atom. The van der Waals surface area contributed by atoms with Crippen molar-refractivity contribution in [2.24, 2.45) is 0 Å². The van der Waals surface area contributed by atoms with Crippen LogP contribution in [0.3, 0.4) is 0 Å². The highest BCUT2D eigenvalue weighted by molar-refractivity contribution is 7.80. The van der Waals surface area contributed by atoms with Gasteiger partial charge in [0.05, 0.1) is 19.4 Å². The summed E-state index contributed by atoms with van der Waals surface area (Å²) in [6.07, 6.45) is 1.44. The zero-order valence-corrected chi connectivity index (χ0v) is 16.0. The van der Waals surface area contributed by atoms with Crippen molar-refractivity contribution >= 4 is 40.9 Å². The second-order valence-corrected chi connectivity index (χ2v) is 6.16. The van der Waals surface area contributed by atoms with Gasteiger partial charge in [-0.1, -0.05) is 6.07 Å². The van der Waals surface area contributed by atoms with Crippen LogP contribution in [0.2, 0.25) is 0 Å². The van der Waals surface area contributed by atoms with Crippen molar-refractivity contribution in [1.82, 2.24) is 5.32 Å². The third kappa shape index (κ3) is 3.86. The number of carbonyl (C=O) groups is 2. The van der Waals surface area contributed by atoms with Crippen molar-refractivity contribution in [2.75, 3.05) is 18.6 Å². The third-order valence-corrected chi connectivity index (χ3v) is 4.27. The molecule has 144 valence electrons. The monoisotopic (exact) mass is 400 g/mol. The summed E-state index contributed by atoms with van der Waals surface area (Å²) < 4.78 is 24.0. The number of nitrogens with one attached hydrogen (secondary N) is 1. The van der Waals surface area contributed by atoms with Gasteiger partial charge >= 0.3 is 0 Å². The molecule has 0 aromatic heterocycles. The number of nitrogens with zero attached hydrogens (tertiary/aromatic N) is 1. The minimum atomic E-state index is -0.610. The Hall–Kier alpha value is -3.26. The van der Waals surface area contributed by atoms with Gasteiger partial charge in [-0.05, 0) is 67.2 Å². The first-order chi connectivity index (χ1) is 13.4. The second kappa shape index (κ2) is 8.18. The Balaban J connectivity index is 1.98. The number of carbonyl (C=O) groups excluding carboxylic acids is 2. The number of anilines is 1. The van der Waals surface area contributed by atoms with E-state index in [1.54, 1.807) is 18.2 Å². The molecule has 0 unspecified atom stereocenters. The molecule has 6 nitrogen and oxygen atoms in total. The van der Waals surface area contributed by atoms with Crippen molar-refractivity contribution in [3.05, 3.63) is 59.4 Å². The molecule has 2 amide bonds. The predicted octanol–water partition coefficient (Wildman–Crippen LogP) is 3.06. The van der Waals surface area contributed by atoms with Crippen LogP contribution in [0.5, 0.6) is 11.5 Å². The van der Waals surface area contributed by atoms with E-state index in [2.05, 4.69) is 5.32 Å². The average Bonchev–Trinajstić information content (AvgIpc) is 2.67. The quantitative estimate of drug-likeness (QED) is 0.475. The molecule has 0 radical (unpaired) electrons. The fourth-order valence-electron chi connectivity index (χ4n) is 2.70. The lowest BCUT2D eigenvalue weighted by molar-refractivity contribution is -0.122. The third-order valence-electron chi connectivity index (χ3n) is 3.99. The molecular weight excluding hydrogens is 383 g/mol. The maximum absolute atomic E-state index is 13.2. The molecule has 1 saturated heterocycles. The van der Waals surface area contributed by atoms with Crippen molar-refractivity contribution < 1.29 is 23.5 Å². The van der Waals surface area contributed by atoms with E-state index in [9.17, 15) is 14.0 Å². The van der Waals surface area contributed by atoms with Crippen LogP contribution in [0.1, 0.15) is 12.5 Å². The van der Waals surface area contributed by atoms with Crippen molar-refractivity contribution in [2.45, 2.75) is 6.92 Å². The molecule has 2 aromatic rings. The smallest absolute Gasteiger partial charge is 0.270 e. The van der Waals surface area contributed by atoms with Gasteiger partial charge < -0.3 is 9.47 Å². The molecule has 28 heavy (non-hydrogen) atoms. The normalized spacial score (nSPS) is 15.6. The van der Waals surface area contributed by atoms with Crippen LogP contribution in [-0.2, 0) is 9.59 Å². The molecule has 0 atom stereocenters. The van der Waals surface area contributed by atoms with E-state index in [1.807, 2.05) is 6.92 Å². The number of thiocarbonyl (C=S) groups is 1. The maximum atomic E-state index is 13.2. The Kier molecular flexibility index (Phi) is 5.70. The molecule has 1 fully saturated rings.